The SMILES string of the molecule is Cl.Cl.NCCc1ccn(-c2ccc(F)cn2)n1. The Labute approximate surface area is 111 Å². The van der Waals surface area contributed by atoms with Crippen LogP contribution in [0.4, 0.5) is 4.39 Å². The third kappa shape index (κ3) is 3.96. The molecule has 2 N–H and O–H groups in total. The minimum absolute atomic E-state index is 0. The van der Waals surface area contributed by atoms with E-state index in [1.807, 2.05) is 6.07 Å². The highest BCUT2D eigenvalue weighted by atomic mass is 35.5. The predicted molar refractivity (Wildman–Crippen MR) is 68.6 cm³/mol. The van der Waals surface area contributed by atoms with Crippen molar-refractivity contribution in [3.05, 3.63) is 42.1 Å². The average molecular weight is 279 g/mol. The lowest BCUT2D eigenvalue weighted by Gasteiger charge is -1.98. The van der Waals surface area contributed by atoms with Crippen molar-refractivity contribution >= 4 is 24.8 Å². The number of nitrogens with two attached hydrogens (primary N) is 1. The van der Waals surface area contributed by atoms with Crippen molar-refractivity contribution in [1.29, 1.82) is 0 Å². The van der Waals surface area contributed by atoms with E-state index in [4.69, 9.17) is 5.73 Å². The number of pyridine rings is 1. The lowest BCUT2D eigenvalue weighted by atomic mass is 10.3. The van der Waals surface area contributed by atoms with Gasteiger partial charge in [-0.15, -0.1) is 24.8 Å². The summed E-state index contributed by atoms with van der Waals surface area (Å²) in [5, 5.41) is 4.25. The van der Waals surface area contributed by atoms with Crippen LogP contribution in [0, 0.1) is 5.82 Å². The average Bonchev–Trinajstić information content (AvgIpc) is 2.68. The zero-order chi connectivity index (χ0) is 10.7. The van der Waals surface area contributed by atoms with Gasteiger partial charge in [-0.05, 0) is 24.7 Å². The standard InChI is InChI=1S/C10H11FN4.2ClH/c11-8-1-2-10(13-7-8)15-6-4-9(14-15)3-5-12;;/h1-2,4,6-7H,3,5,12H2;2*1H. The summed E-state index contributed by atoms with van der Waals surface area (Å²) in [5.74, 6) is 0.243. The van der Waals surface area contributed by atoms with Gasteiger partial charge in [-0.3, -0.25) is 0 Å². The maximum atomic E-state index is 12.6. The van der Waals surface area contributed by atoms with Crippen LogP contribution in [-0.4, -0.2) is 21.3 Å². The second-order valence-electron chi connectivity index (χ2n) is 3.12. The molecule has 0 atom stereocenters. The molecule has 0 aliphatic heterocycles. The summed E-state index contributed by atoms with van der Waals surface area (Å²) in [6.45, 7) is 0.563. The maximum Gasteiger partial charge on any atom is 0.153 e. The minimum Gasteiger partial charge on any atom is -0.330 e. The van der Waals surface area contributed by atoms with E-state index in [0.717, 1.165) is 12.1 Å². The van der Waals surface area contributed by atoms with Crippen LogP contribution in [0.5, 0.6) is 0 Å². The zero-order valence-electron chi connectivity index (χ0n) is 8.91. The third-order valence-corrected chi connectivity index (χ3v) is 1.99. The molecular weight excluding hydrogens is 266 g/mol. The van der Waals surface area contributed by atoms with Crippen molar-refractivity contribution < 1.29 is 4.39 Å². The van der Waals surface area contributed by atoms with Gasteiger partial charge in [-0.2, -0.15) is 5.10 Å². The molecule has 0 saturated carbocycles. The summed E-state index contributed by atoms with van der Waals surface area (Å²) >= 11 is 0. The minimum atomic E-state index is -0.354. The van der Waals surface area contributed by atoms with Crippen LogP contribution in [0.15, 0.2) is 30.6 Å². The van der Waals surface area contributed by atoms with Gasteiger partial charge in [0.25, 0.3) is 0 Å². The molecule has 0 aliphatic carbocycles. The third-order valence-electron chi connectivity index (χ3n) is 1.99. The molecule has 0 radical (unpaired) electrons. The molecule has 2 aromatic rings. The summed E-state index contributed by atoms with van der Waals surface area (Å²) in [7, 11) is 0. The smallest absolute Gasteiger partial charge is 0.153 e. The number of rotatable bonds is 3. The fraction of sp³-hybridized carbons (Fsp3) is 0.200. The lowest BCUT2D eigenvalue weighted by Crippen LogP contribution is -2.04. The van der Waals surface area contributed by atoms with Gasteiger partial charge in [-0.1, -0.05) is 0 Å². The molecule has 0 saturated heterocycles. The normalized spacial score (nSPS) is 9.29. The van der Waals surface area contributed by atoms with E-state index in [1.54, 1.807) is 16.9 Å². The first kappa shape index (κ1) is 15.8. The van der Waals surface area contributed by atoms with Crippen molar-refractivity contribution in [3.63, 3.8) is 0 Å². The van der Waals surface area contributed by atoms with Crippen molar-refractivity contribution in [1.82, 2.24) is 14.8 Å². The highest BCUT2D eigenvalue weighted by molar-refractivity contribution is 5.85. The van der Waals surface area contributed by atoms with Gasteiger partial charge < -0.3 is 5.73 Å². The van der Waals surface area contributed by atoms with Crippen LogP contribution in [-0.2, 0) is 6.42 Å². The molecule has 0 fully saturated rings. The van der Waals surface area contributed by atoms with Crippen molar-refractivity contribution in [2.45, 2.75) is 6.42 Å². The van der Waals surface area contributed by atoms with Crippen molar-refractivity contribution in [2.24, 2.45) is 5.73 Å². The van der Waals surface area contributed by atoms with Gasteiger partial charge in [0.05, 0.1) is 11.9 Å². The van der Waals surface area contributed by atoms with Crippen LogP contribution in [0.2, 0.25) is 0 Å². The molecule has 0 aromatic carbocycles. The van der Waals surface area contributed by atoms with Crippen LogP contribution in [0.1, 0.15) is 5.69 Å². The molecule has 94 valence electrons. The molecule has 17 heavy (non-hydrogen) atoms. The van der Waals surface area contributed by atoms with Crippen molar-refractivity contribution in [3.8, 4) is 5.82 Å². The predicted octanol–water partition coefficient (Wildman–Crippen LogP) is 1.75. The van der Waals surface area contributed by atoms with E-state index in [9.17, 15) is 4.39 Å². The first-order valence-corrected chi connectivity index (χ1v) is 4.66. The fourth-order valence-corrected chi connectivity index (χ4v) is 1.27. The van der Waals surface area contributed by atoms with Gasteiger partial charge in [0.1, 0.15) is 5.82 Å². The molecule has 0 spiro atoms. The van der Waals surface area contributed by atoms with E-state index in [-0.39, 0.29) is 30.6 Å². The summed E-state index contributed by atoms with van der Waals surface area (Å²) in [6.07, 6.45) is 3.68. The number of halogens is 3. The van der Waals surface area contributed by atoms with Crippen molar-refractivity contribution in [2.75, 3.05) is 6.54 Å². The Hall–Kier alpha value is -1.17. The monoisotopic (exact) mass is 278 g/mol. The Morgan fingerprint density at radius 2 is 2.00 bits per heavy atom. The first-order valence-electron chi connectivity index (χ1n) is 4.66. The maximum absolute atomic E-state index is 12.6. The summed E-state index contributed by atoms with van der Waals surface area (Å²) < 4.78 is 14.2. The van der Waals surface area contributed by atoms with E-state index in [2.05, 4.69) is 10.1 Å². The van der Waals surface area contributed by atoms with Crippen LogP contribution in [0.3, 0.4) is 0 Å². The van der Waals surface area contributed by atoms with Crippen LogP contribution in [0.25, 0.3) is 5.82 Å². The fourth-order valence-electron chi connectivity index (χ4n) is 1.27. The highest BCUT2D eigenvalue weighted by Crippen LogP contribution is 2.05. The molecule has 0 amide bonds. The summed E-state index contributed by atoms with van der Waals surface area (Å²) in [6, 6.07) is 4.80. The van der Waals surface area contributed by atoms with Gasteiger partial charge in [-0.25, -0.2) is 14.1 Å². The van der Waals surface area contributed by atoms with Gasteiger partial charge in [0.15, 0.2) is 5.82 Å². The Balaban J connectivity index is 0.00000128. The summed E-state index contributed by atoms with van der Waals surface area (Å²) in [5.41, 5.74) is 6.32. The molecule has 0 bridgehead atoms. The van der Waals surface area contributed by atoms with E-state index in [0.29, 0.717) is 12.4 Å². The number of hydrogen-bond donors (Lipinski definition) is 1. The number of hydrogen-bond acceptors (Lipinski definition) is 3. The zero-order valence-corrected chi connectivity index (χ0v) is 10.5. The molecule has 2 rings (SSSR count). The van der Waals surface area contributed by atoms with E-state index >= 15 is 0 Å². The van der Waals surface area contributed by atoms with Crippen LogP contribution < -0.4 is 5.73 Å². The second-order valence-corrected chi connectivity index (χ2v) is 3.12. The highest BCUT2D eigenvalue weighted by Gasteiger charge is 2.01. The quantitative estimate of drug-likeness (QED) is 0.931. The Morgan fingerprint density at radius 3 is 2.59 bits per heavy atom. The topological polar surface area (TPSA) is 56.7 Å². The Kier molecular flexibility index (Phi) is 6.72. The molecule has 4 nitrogen and oxygen atoms in total. The summed E-state index contributed by atoms with van der Waals surface area (Å²) in [4.78, 5) is 3.92. The molecule has 7 heteroatoms. The largest absolute Gasteiger partial charge is 0.330 e. The second kappa shape index (κ2) is 7.21. The molecule has 0 unspecified atom stereocenters. The van der Waals surface area contributed by atoms with Gasteiger partial charge in [0.2, 0.25) is 0 Å². The first-order chi connectivity index (χ1) is 7.29. The number of aromatic nitrogens is 3. The van der Waals surface area contributed by atoms with Gasteiger partial charge >= 0.3 is 0 Å². The Morgan fingerprint density at radius 1 is 1.24 bits per heavy atom. The molecule has 2 aromatic heterocycles. The lowest BCUT2D eigenvalue weighted by molar-refractivity contribution is 0.619. The van der Waals surface area contributed by atoms with E-state index < -0.39 is 0 Å². The molecule has 2 heterocycles. The van der Waals surface area contributed by atoms with E-state index in [1.165, 1.54) is 12.3 Å². The number of nitrogens with zero attached hydrogens (tertiary/aromatic N) is 3. The molecular formula is C10H13Cl2FN4. The van der Waals surface area contributed by atoms with Crippen LogP contribution >= 0.6 is 24.8 Å². The molecule has 0 aliphatic rings. The Bertz CT molecular complexity index is 444. The van der Waals surface area contributed by atoms with Gasteiger partial charge in [0, 0.05) is 12.6 Å².